The molecular formula is C15H13F2N3O3S2. The summed E-state index contributed by atoms with van der Waals surface area (Å²) >= 11 is 5.55. The van der Waals surface area contributed by atoms with E-state index in [9.17, 15) is 24.0 Å². The molecule has 25 heavy (non-hydrogen) atoms. The summed E-state index contributed by atoms with van der Waals surface area (Å²) in [6, 6.07) is 9.97. The Kier molecular flexibility index (Phi) is 6.48. The van der Waals surface area contributed by atoms with Gasteiger partial charge in [0.1, 0.15) is 5.75 Å². The van der Waals surface area contributed by atoms with Crippen LogP contribution in [-0.2, 0) is 6.54 Å². The number of phenolic OH excluding ortho intramolecular Hbond substituents is 1. The van der Waals surface area contributed by atoms with Crippen molar-refractivity contribution in [2.75, 3.05) is 5.32 Å². The minimum absolute atomic E-state index is 0.0820. The molecule has 6 nitrogen and oxygen atoms in total. The summed E-state index contributed by atoms with van der Waals surface area (Å²) < 4.78 is 24.5. The Labute approximate surface area is 151 Å². The average Bonchev–Trinajstić information content (AvgIpc) is 2.55. The van der Waals surface area contributed by atoms with Crippen LogP contribution in [0.1, 0.15) is 5.56 Å². The number of halogens is 2. The first kappa shape index (κ1) is 18.9. The molecule has 0 radical (unpaired) electrons. The fraction of sp³-hybridized carbons (Fsp3) is 0.133. The first-order chi connectivity index (χ1) is 11.8. The minimum Gasteiger partial charge on any atom is -0.508 e. The number of alkyl halides is 2. The van der Waals surface area contributed by atoms with Gasteiger partial charge < -0.3 is 15.7 Å². The number of non-ortho nitro benzene ring substituents is 1. The van der Waals surface area contributed by atoms with Crippen LogP contribution in [0.4, 0.5) is 20.2 Å². The molecule has 0 heterocycles. The van der Waals surface area contributed by atoms with Crippen molar-refractivity contribution in [2.24, 2.45) is 0 Å². The first-order valence-electron chi connectivity index (χ1n) is 6.91. The second-order valence-electron chi connectivity index (χ2n) is 4.78. The zero-order chi connectivity index (χ0) is 18.4. The van der Waals surface area contributed by atoms with Crippen molar-refractivity contribution < 1.29 is 18.8 Å². The molecule has 0 unspecified atom stereocenters. The van der Waals surface area contributed by atoms with E-state index >= 15 is 0 Å². The molecule has 2 rings (SSSR count). The van der Waals surface area contributed by atoms with Gasteiger partial charge in [-0.15, -0.1) is 0 Å². The standard InChI is InChI=1S/C15H13F2N3O3S2/c16-14(17)25-12-4-1-10(2-5-12)19-15(24)18-8-9-7-11(20(22)23)3-6-13(9)21/h1-7,14,21H,8H2,(H2,18,19,24). The van der Waals surface area contributed by atoms with Gasteiger partial charge in [-0.2, -0.15) is 8.78 Å². The summed E-state index contributed by atoms with van der Waals surface area (Å²) in [6.45, 7) is 0.0820. The van der Waals surface area contributed by atoms with Crippen molar-refractivity contribution in [1.29, 1.82) is 0 Å². The molecule has 10 heteroatoms. The van der Waals surface area contributed by atoms with Crippen molar-refractivity contribution in [3.8, 4) is 5.75 Å². The third kappa shape index (κ3) is 5.84. The van der Waals surface area contributed by atoms with E-state index in [0.29, 0.717) is 27.9 Å². The monoisotopic (exact) mass is 385 g/mol. The number of nitro benzene ring substituents is 1. The van der Waals surface area contributed by atoms with Crippen LogP contribution in [0.25, 0.3) is 0 Å². The number of benzene rings is 2. The number of rotatable bonds is 6. The van der Waals surface area contributed by atoms with Crippen molar-refractivity contribution in [2.45, 2.75) is 17.2 Å². The molecule has 0 saturated heterocycles. The molecule has 0 bridgehead atoms. The number of nitrogens with one attached hydrogen (secondary N) is 2. The summed E-state index contributed by atoms with van der Waals surface area (Å²) in [4.78, 5) is 10.6. The van der Waals surface area contributed by atoms with Crippen LogP contribution in [-0.4, -0.2) is 20.9 Å². The molecule has 0 saturated carbocycles. The average molecular weight is 385 g/mol. The molecule has 3 N–H and O–H groups in total. The van der Waals surface area contributed by atoms with Crippen molar-refractivity contribution in [1.82, 2.24) is 5.32 Å². The topological polar surface area (TPSA) is 87.4 Å². The maximum Gasteiger partial charge on any atom is 0.288 e. The van der Waals surface area contributed by atoms with E-state index in [4.69, 9.17) is 12.2 Å². The maximum absolute atomic E-state index is 12.3. The second kappa shape index (κ2) is 8.58. The molecule has 132 valence electrons. The molecule has 0 aromatic heterocycles. The third-order valence-electron chi connectivity index (χ3n) is 3.05. The van der Waals surface area contributed by atoms with Gasteiger partial charge in [0.2, 0.25) is 0 Å². The summed E-state index contributed by atoms with van der Waals surface area (Å²) in [5.74, 6) is -2.57. The molecule has 2 aromatic rings. The Morgan fingerprint density at radius 3 is 2.56 bits per heavy atom. The number of aromatic hydroxyl groups is 1. The molecule has 0 aliphatic rings. The smallest absolute Gasteiger partial charge is 0.288 e. The summed E-state index contributed by atoms with van der Waals surface area (Å²) in [6.07, 6.45) is 0. The van der Waals surface area contributed by atoms with Crippen LogP contribution in [0.5, 0.6) is 5.75 Å². The quantitative estimate of drug-likeness (QED) is 0.299. The van der Waals surface area contributed by atoms with Gasteiger partial charge >= 0.3 is 0 Å². The number of hydrogen-bond donors (Lipinski definition) is 3. The SMILES string of the molecule is O=[N+]([O-])c1ccc(O)c(CNC(=S)Nc2ccc(SC(F)F)cc2)c1. The molecular weight excluding hydrogens is 372 g/mol. The lowest BCUT2D eigenvalue weighted by atomic mass is 10.2. The van der Waals surface area contributed by atoms with Gasteiger partial charge in [-0.05, 0) is 42.5 Å². The summed E-state index contributed by atoms with van der Waals surface area (Å²) in [5, 5.41) is 26.4. The number of nitro groups is 1. The summed E-state index contributed by atoms with van der Waals surface area (Å²) in [7, 11) is 0. The number of nitrogens with zero attached hydrogens (tertiary/aromatic N) is 1. The van der Waals surface area contributed by atoms with Crippen LogP contribution in [0, 0.1) is 10.1 Å². The number of thiocarbonyl (C=S) groups is 1. The van der Waals surface area contributed by atoms with Gasteiger partial charge in [-0.25, -0.2) is 0 Å². The third-order valence-corrected chi connectivity index (χ3v) is 4.02. The molecule has 0 fully saturated rings. The van der Waals surface area contributed by atoms with Crippen LogP contribution < -0.4 is 10.6 Å². The van der Waals surface area contributed by atoms with E-state index in [2.05, 4.69) is 10.6 Å². The maximum atomic E-state index is 12.3. The van der Waals surface area contributed by atoms with E-state index in [1.807, 2.05) is 0 Å². The van der Waals surface area contributed by atoms with Gasteiger partial charge in [0.05, 0.1) is 4.92 Å². The van der Waals surface area contributed by atoms with E-state index in [1.54, 1.807) is 12.1 Å². The molecule has 2 aromatic carbocycles. The Hall–Kier alpha value is -2.46. The Bertz CT molecular complexity index is 773. The van der Waals surface area contributed by atoms with Crippen molar-refractivity contribution >= 4 is 40.5 Å². The van der Waals surface area contributed by atoms with Crippen molar-refractivity contribution in [3.05, 3.63) is 58.1 Å². The van der Waals surface area contributed by atoms with E-state index in [1.165, 1.54) is 30.3 Å². The van der Waals surface area contributed by atoms with E-state index in [-0.39, 0.29) is 23.1 Å². The molecule has 0 atom stereocenters. The number of thioether (sulfide) groups is 1. The number of anilines is 1. The highest BCUT2D eigenvalue weighted by Gasteiger charge is 2.11. The van der Waals surface area contributed by atoms with Gasteiger partial charge in [0.25, 0.3) is 11.4 Å². The highest BCUT2D eigenvalue weighted by molar-refractivity contribution is 7.99. The van der Waals surface area contributed by atoms with Gasteiger partial charge in [0, 0.05) is 34.8 Å². The zero-order valence-corrected chi connectivity index (χ0v) is 14.2. The molecule has 0 amide bonds. The van der Waals surface area contributed by atoms with Gasteiger partial charge in [-0.1, -0.05) is 11.8 Å². The largest absolute Gasteiger partial charge is 0.508 e. The second-order valence-corrected chi connectivity index (χ2v) is 6.25. The van der Waals surface area contributed by atoms with E-state index < -0.39 is 10.7 Å². The zero-order valence-electron chi connectivity index (χ0n) is 12.6. The Balaban J connectivity index is 1.92. The van der Waals surface area contributed by atoms with Crippen LogP contribution >= 0.6 is 24.0 Å². The minimum atomic E-state index is -2.48. The predicted molar refractivity (Wildman–Crippen MR) is 96.1 cm³/mol. The highest BCUT2D eigenvalue weighted by atomic mass is 32.2. The van der Waals surface area contributed by atoms with Crippen molar-refractivity contribution in [3.63, 3.8) is 0 Å². The Morgan fingerprint density at radius 1 is 1.28 bits per heavy atom. The van der Waals surface area contributed by atoms with Crippen LogP contribution in [0.15, 0.2) is 47.4 Å². The van der Waals surface area contributed by atoms with Crippen LogP contribution in [0.2, 0.25) is 0 Å². The fourth-order valence-corrected chi connectivity index (χ4v) is 2.59. The number of hydrogen-bond acceptors (Lipinski definition) is 5. The first-order valence-corrected chi connectivity index (χ1v) is 8.20. The molecule has 0 spiro atoms. The Morgan fingerprint density at radius 2 is 1.96 bits per heavy atom. The summed E-state index contributed by atoms with van der Waals surface area (Å²) in [5.41, 5.74) is 0.780. The fourth-order valence-electron chi connectivity index (χ4n) is 1.90. The lowest BCUT2D eigenvalue weighted by Gasteiger charge is -2.12. The highest BCUT2D eigenvalue weighted by Crippen LogP contribution is 2.26. The lowest BCUT2D eigenvalue weighted by Crippen LogP contribution is -2.27. The predicted octanol–water partition coefficient (Wildman–Crippen LogP) is 4.10. The van der Waals surface area contributed by atoms with Gasteiger partial charge in [-0.3, -0.25) is 10.1 Å². The van der Waals surface area contributed by atoms with Gasteiger partial charge in [0.15, 0.2) is 5.11 Å². The lowest BCUT2D eigenvalue weighted by molar-refractivity contribution is -0.384. The molecule has 0 aliphatic heterocycles. The van der Waals surface area contributed by atoms with Crippen LogP contribution in [0.3, 0.4) is 0 Å². The normalized spacial score (nSPS) is 10.5. The van der Waals surface area contributed by atoms with E-state index in [0.717, 1.165) is 0 Å². The molecule has 0 aliphatic carbocycles. The number of phenols is 1.